The number of ether oxygens (including phenoxy) is 1. The average molecular weight is 480 g/mol. The first-order valence-electron chi connectivity index (χ1n) is 9.99. The summed E-state index contributed by atoms with van der Waals surface area (Å²) in [6.45, 7) is 0. The van der Waals surface area contributed by atoms with Gasteiger partial charge in [0.05, 0.1) is 23.6 Å². The van der Waals surface area contributed by atoms with Gasteiger partial charge in [-0.3, -0.25) is 14.5 Å². The van der Waals surface area contributed by atoms with Gasteiger partial charge in [-0.25, -0.2) is 13.6 Å². The zero-order valence-electron chi connectivity index (χ0n) is 17.9. The number of ketones is 1. The summed E-state index contributed by atoms with van der Waals surface area (Å²) in [5.74, 6) is -2.26. The number of nitrogens with two attached hydrogens (primary N) is 1. The number of rotatable bonds is 5. The number of phenolic OH excluding ortho intramolecular Hbond substituents is 1. The van der Waals surface area contributed by atoms with E-state index in [1.807, 2.05) is 0 Å². The molecule has 4 rings (SSSR count). The van der Waals surface area contributed by atoms with Gasteiger partial charge in [-0.05, 0) is 42.0 Å². The second kappa shape index (κ2) is 8.65. The first-order chi connectivity index (χ1) is 16.1. The number of sulfonamides is 1. The number of aliphatic hydroxyl groups excluding tert-OH is 1. The Labute approximate surface area is 195 Å². The topological polar surface area (TPSA) is 147 Å². The summed E-state index contributed by atoms with van der Waals surface area (Å²) in [6, 6.07) is 16.6. The van der Waals surface area contributed by atoms with Gasteiger partial charge in [0, 0.05) is 11.3 Å². The minimum Gasteiger partial charge on any atom is -0.507 e. The lowest BCUT2D eigenvalue weighted by molar-refractivity contribution is -0.132. The molecule has 4 N–H and O–H groups in total. The minimum absolute atomic E-state index is 0.104. The maximum Gasteiger partial charge on any atom is 0.300 e. The van der Waals surface area contributed by atoms with Gasteiger partial charge in [-0.2, -0.15) is 0 Å². The fourth-order valence-electron chi connectivity index (χ4n) is 3.83. The molecule has 1 amide bonds. The van der Waals surface area contributed by atoms with Crippen molar-refractivity contribution in [3.8, 4) is 11.5 Å². The maximum atomic E-state index is 13.1. The Kier molecular flexibility index (Phi) is 5.86. The van der Waals surface area contributed by atoms with Crippen LogP contribution in [0.25, 0.3) is 5.76 Å². The Balaban J connectivity index is 1.95. The predicted molar refractivity (Wildman–Crippen MR) is 124 cm³/mol. The van der Waals surface area contributed by atoms with E-state index < -0.39 is 27.8 Å². The van der Waals surface area contributed by atoms with E-state index in [0.717, 1.165) is 4.90 Å². The van der Waals surface area contributed by atoms with Crippen LogP contribution in [0.2, 0.25) is 0 Å². The van der Waals surface area contributed by atoms with Crippen molar-refractivity contribution in [2.45, 2.75) is 10.9 Å². The fourth-order valence-corrected chi connectivity index (χ4v) is 4.34. The quantitative estimate of drug-likeness (QED) is 0.289. The lowest BCUT2D eigenvalue weighted by Gasteiger charge is -2.26. The minimum atomic E-state index is -3.97. The van der Waals surface area contributed by atoms with Gasteiger partial charge in [0.1, 0.15) is 5.76 Å². The first kappa shape index (κ1) is 23.0. The molecule has 3 aromatic carbocycles. The zero-order valence-corrected chi connectivity index (χ0v) is 18.7. The molecule has 9 nitrogen and oxygen atoms in total. The van der Waals surface area contributed by atoms with E-state index in [9.17, 15) is 28.2 Å². The highest BCUT2D eigenvalue weighted by molar-refractivity contribution is 7.89. The molecule has 1 fully saturated rings. The molecule has 0 radical (unpaired) electrons. The van der Waals surface area contributed by atoms with E-state index in [-0.39, 0.29) is 33.4 Å². The number of carbonyl (C=O) groups excluding carboxylic acids is 2. The van der Waals surface area contributed by atoms with Crippen LogP contribution in [0.4, 0.5) is 5.69 Å². The van der Waals surface area contributed by atoms with Crippen LogP contribution in [0.15, 0.2) is 83.3 Å². The Hall–Kier alpha value is -4.15. The number of nitrogens with zero attached hydrogens (tertiary/aromatic N) is 1. The number of anilines is 1. The number of Topliss-reactive ketones (excluding diaryl/α,β-unsaturated/α-hetero) is 1. The highest BCUT2D eigenvalue weighted by Crippen LogP contribution is 2.44. The summed E-state index contributed by atoms with van der Waals surface area (Å²) in [5.41, 5.74) is 0.751. The zero-order chi connectivity index (χ0) is 24.6. The highest BCUT2D eigenvalue weighted by atomic mass is 32.2. The summed E-state index contributed by atoms with van der Waals surface area (Å²) < 4.78 is 28.4. The second-order valence-electron chi connectivity index (χ2n) is 7.51. The van der Waals surface area contributed by atoms with Gasteiger partial charge in [0.2, 0.25) is 10.0 Å². The summed E-state index contributed by atoms with van der Waals surface area (Å²) in [5, 5.41) is 26.2. The lowest BCUT2D eigenvalue weighted by Crippen LogP contribution is -2.29. The number of hydrogen-bond acceptors (Lipinski definition) is 7. The highest BCUT2D eigenvalue weighted by Gasteiger charge is 2.47. The molecule has 0 saturated carbocycles. The van der Waals surface area contributed by atoms with Crippen LogP contribution in [0, 0.1) is 0 Å². The van der Waals surface area contributed by atoms with Crippen molar-refractivity contribution in [3.63, 3.8) is 0 Å². The molecule has 1 saturated heterocycles. The number of hydrogen-bond donors (Lipinski definition) is 3. The van der Waals surface area contributed by atoms with Crippen LogP contribution in [0.3, 0.4) is 0 Å². The van der Waals surface area contributed by atoms with Crippen LogP contribution >= 0.6 is 0 Å². The van der Waals surface area contributed by atoms with Crippen LogP contribution in [0.1, 0.15) is 17.2 Å². The Morgan fingerprint density at radius 3 is 2.24 bits per heavy atom. The number of carbonyl (C=O) groups is 2. The standard InChI is InChI=1S/C24H20N2O7S/c1-33-19-13-15(7-12-18(19)27)21-20(22(28)14-5-3-2-4-6-14)23(29)24(30)26(21)16-8-10-17(11-9-16)34(25,31)32/h2-13,21,27-28H,1H3,(H2,25,31,32)/b22-20+/t21-/m0/s1. The van der Waals surface area contributed by atoms with E-state index in [0.29, 0.717) is 11.1 Å². The Bertz CT molecular complexity index is 1420. The molecule has 174 valence electrons. The molecule has 0 aliphatic carbocycles. The molecule has 34 heavy (non-hydrogen) atoms. The third-order valence-corrected chi connectivity index (χ3v) is 6.38. The molecule has 1 heterocycles. The molecular formula is C24H20N2O7S. The molecule has 0 bridgehead atoms. The van der Waals surface area contributed by atoms with Crippen molar-refractivity contribution in [3.05, 3.63) is 89.5 Å². The van der Waals surface area contributed by atoms with Gasteiger partial charge in [0.15, 0.2) is 11.5 Å². The maximum absolute atomic E-state index is 13.1. The number of aliphatic hydroxyl groups is 1. The van der Waals surface area contributed by atoms with Crippen LogP contribution in [0.5, 0.6) is 11.5 Å². The summed E-state index contributed by atoms with van der Waals surface area (Å²) in [4.78, 5) is 27.3. The number of primary sulfonamides is 1. The Morgan fingerprint density at radius 1 is 1.00 bits per heavy atom. The molecule has 1 aliphatic heterocycles. The van der Waals surface area contributed by atoms with Crippen molar-refractivity contribution < 1.29 is 33.0 Å². The third-order valence-electron chi connectivity index (χ3n) is 5.45. The molecular weight excluding hydrogens is 460 g/mol. The van der Waals surface area contributed by atoms with Gasteiger partial charge < -0.3 is 14.9 Å². The van der Waals surface area contributed by atoms with E-state index >= 15 is 0 Å². The van der Waals surface area contributed by atoms with Crippen molar-refractivity contribution in [1.82, 2.24) is 0 Å². The Morgan fingerprint density at radius 2 is 1.65 bits per heavy atom. The monoisotopic (exact) mass is 480 g/mol. The average Bonchev–Trinajstić information content (AvgIpc) is 3.09. The third kappa shape index (κ3) is 4.00. The molecule has 3 aromatic rings. The second-order valence-corrected chi connectivity index (χ2v) is 9.07. The summed E-state index contributed by atoms with van der Waals surface area (Å²) in [6.07, 6.45) is 0. The van der Waals surface area contributed by atoms with E-state index in [1.54, 1.807) is 30.3 Å². The van der Waals surface area contributed by atoms with Gasteiger partial charge in [-0.1, -0.05) is 36.4 Å². The molecule has 10 heteroatoms. The molecule has 1 aliphatic rings. The van der Waals surface area contributed by atoms with Crippen molar-refractivity contribution in [2.24, 2.45) is 5.14 Å². The summed E-state index contributed by atoms with van der Waals surface area (Å²) >= 11 is 0. The van der Waals surface area contributed by atoms with Gasteiger partial charge >= 0.3 is 0 Å². The van der Waals surface area contributed by atoms with Gasteiger partial charge in [0.25, 0.3) is 11.7 Å². The normalized spacial score (nSPS) is 17.7. The van der Waals surface area contributed by atoms with Gasteiger partial charge in [-0.15, -0.1) is 0 Å². The van der Waals surface area contributed by atoms with Crippen molar-refractivity contribution in [1.29, 1.82) is 0 Å². The largest absolute Gasteiger partial charge is 0.507 e. The van der Waals surface area contributed by atoms with Crippen molar-refractivity contribution >= 4 is 33.2 Å². The van der Waals surface area contributed by atoms with Crippen LogP contribution in [-0.4, -0.2) is 37.4 Å². The number of methoxy groups -OCH3 is 1. The smallest absolute Gasteiger partial charge is 0.300 e. The van der Waals surface area contributed by atoms with Crippen molar-refractivity contribution in [2.75, 3.05) is 12.0 Å². The SMILES string of the molecule is COc1cc([C@H]2/C(=C(\O)c3ccccc3)C(=O)C(=O)N2c2ccc(S(N)(=O)=O)cc2)ccc1O. The van der Waals surface area contributed by atoms with E-state index in [2.05, 4.69) is 0 Å². The number of phenols is 1. The molecule has 0 aromatic heterocycles. The summed E-state index contributed by atoms with van der Waals surface area (Å²) in [7, 11) is -2.62. The van der Waals surface area contributed by atoms with E-state index in [1.165, 1.54) is 49.6 Å². The number of amides is 1. The van der Waals surface area contributed by atoms with E-state index in [4.69, 9.17) is 9.88 Å². The van der Waals surface area contributed by atoms with Crippen LogP contribution in [-0.2, 0) is 19.6 Å². The molecule has 0 spiro atoms. The molecule has 0 unspecified atom stereocenters. The lowest BCUT2D eigenvalue weighted by atomic mass is 9.95. The van der Waals surface area contributed by atoms with Crippen LogP contribution < -0.4 is 14.8 Å². The number of benzene rings is 3. The first-order valence-corrected chi connectivity index (χ1v) is 11.5. The molecule has 1 atom stereocenters. The predicted octanol–water partition coefficient (Wildman–Crippen LogP) is 2.67. The number of aromatic hydroxyl groups is 1. The fraction of sp³-hybridized carbons (Fsp3) is 0.0833.